The first-order chi connectivity index (χ1) is 14.0. The Morgan fingerprint density at radius 1 is 1.21 bits per heavy atom. The largest absolute Gasteiger partial charge is 0.352 e. The molecular formula is C22H24N6O. The van der Waals surface area contributed by atoms with Gasteiger partial charge in [0.15, 0.2) is 0 Å². The summed E-state index contributed by atoms with van der Waals surface area (Å²) in [7, 11) is 0. The van der Waals surface area contributed by atoms with Crippen LogP contribution < -0.4 is 10.2 Å². The SMILES string of the molecule is Cc1cc2c(nc1N1CCc3ncc(-c4ccnn4C(C)C)cc3C1)CNC2=O. The van der Waals surface area contributed by atoms with Gasteiger partial charge in [0.1, 0.15) is 5.82 Å². The molecule has 5 heterocycles. The minimum absolute atomic E-state index is 0.0262. The molecule has 0 aliphatic carbocycles. The first-order valence-electron chi connectivity index (χ1n) is 10.1. The van der Waals surface area contributed by atoms with Crippen LogP contribution in [0.3, 0.4) is 0 Å². The smallest absolute Gasteiger partial charge is 0.253 e. The van der Waals surface area contributed by atoms with Gasteiger partial charge in [-0.25, -0.2) is 4.98 Å². The molecule has 0 unspecified atom stereocenters. The highest BCUT2D eigenvalue weighted by Crippen LogP contribution is 2.30. The van der Waals surface area contributed by atoms with Gasteiger partial charge in [0.2, 0.25) is 0 Å². The monoisotopic (exact) mass is 388 g/mol. The van der Waals surface area contributed by atoms with Gasteiger partial charge in [0, 0.05) is 49.2 Å². The molecule has 0 aromatic carbocycles. The number of nitrogens with one attached hydrogen (secondary N) is 1. The van der Waals surface area contributed by atoms with E-state index in [1.165, 1.54) is 5.56 Å². The number of carbonyl (C=O) groups is 1. The van der Waals surface area contributed by atoms with Crippen molar-refractivity contribution in [3.05, 3.63) is 58.7 Å². The molecule has 0 radical (unpaired) electrons. The lowest BCUT2D eigenvalue weighted by molar-refractivity contribution is 0.0965. The molecule has 148 valence electrons. The van der Waals surface area contributed by atoms with E-state index >= 15 is 0 Å². The second kappa shape index (κ2) is 6.69. The zero-order valence-corrected chi connectivity index (χ0v) is 16.9. The van der Waals surface area contributed by atoms with Crippen LogP contribution in [0.15, 0.2) is 30.6 Å². The number of amides is 1. The summed E-state index contributed by atoms with van der Waals surface area (Å²) < 4.78 is 2.03. The summed E-state index contributed by atoms with van der Waals surface area (Å²) in [5, 5.41) is 7.31. The number of carbonyl (C=O) groups excluding carboxylic acids is 1. The summed E-state index contributed by atoms with van der Waals surface area (Å²) in [5.74, 6) is 0.935. The van der Waals surface area contributed by atoms with Gasteiger partial charge in [-0.1, -0.05) is 0 Å². The van der Waals surface area contributed by atoms with E-state index in [9.17, 15) is 4.79 Å². The molecule has 2 aliphatic rings. The van der Waals surface area contributed by atoms with E-state index in [2.05, 4.69) is 35.2 Å². The van der Waals surface area contributed by atoms with Crippen LogP contribution in [0.2, 0.25) is 0 Å². The average molecular weight is 388 g/mol. The van der Waals surface area contributed by atoms with Gasteiger partial charge in [-0.3, -0.25) is 14.5 Å². The van der Waals surface area contributed by atoms with E-state index < -0.39 is 0 Å². The number of hydrogen-bond donors (Lipinski definition) is 1. The lowest BCUT2D eigenvalue weighted by atomic mass is 10.0. The number of pyridine rings is 2. The lowest BCUT2D eigenvalue weighted by Crippen LogP contribution is -2.32. The van der Waals surface area contributed by atoms with Gasteiger partial charge in [-0.05, 0) is 50.1 Å². The third-order valence-electron chi connectivity index (χ3n) is 5.72. The van der Waals surface area contributed by atoms with Gasteiger partial charge < -0.3 is 10.2 Å². The minimum Gasteiger partial charge on any atom is -0.352 e. The summed E-state index contributed by atoms with van der Waals surface area (Å²) in [6.07, 6.45) is 4.68. The number of nitrogens with zero attached hydrogens (tertiary/aromatic N) is 5. The second-order valence-corrected chi connectivity index (χ2v) is 8.06. The third-order valence-corrected chi connectivity index (χ3v) is 5.72. The zero-order valence-electron chi connectivity index (χ0n) is 16.9. The molecule has 7 heteroatoms. The summed E-state index contributed by atoms with van der Waals surface area (Å²) in [5.41, 5.74) is 7.13. The number of hydrogen-bond acceptors (Lipinski definition) is 5. The molecule has 2 aliphatic heterocycles. The molecule has 0 fully saturated rings. The summed E-state index contributed by atoms with van der Waals surface area (Å²) in [6, 6.07) is 6.53. The van der Waals surface area contributed by atoms with Crippen molar-refractivity contribution in [1.29, 1.82) is 0 Å². The molecule has 1 amide bonds. The average Bonchev–Trinajstić information content (AvgIpc) is 3.34. The molecule has 0 spiro atoms. The summed E-state index contributed by atoms with van der Waals surface area (Å²) in [4.78, 5) is 23.8. The molecule has 0 atom stereocenters. The molecule has 3 aromatic heterocycles. The highest BCUT2D eigenvalue weighted by Gasteiger charge is 2.26. The van der Waals surface area contributed by atoms with Crippen LogP contribution in [0.1, 0.15) is 52.8 Å². The summed E-state index contributed by atoms with van der Waals surface area (Å²) in [6.45, 7) is 8.44. The number of rotatable bonds is 3. The van der Waals surface area contributed by atoms with Crippen LogP contribution in [-0.4, -0.2) is 32.2 Å². The fraction of sp³-hybridized carbons (Fsp3) is 0.364. The van der Waals surface area contributed by atoms with E-state index in [0.29, 0.717) is 18.2 Å². The quantitative estimate of drug-likeness (QED) is 0.746. The molecule has 0 saturated heterocycles. The second-order valence-electron chi connectivity index (χ2n) is 8.06. The van der Waals surface area contributed by atoms with Crippen molar-refractivity contribution in [3.8, 4) is 11.3 Å². The maximum absolute atomic E-state index is 11.9. The Kier molecular flexibility index (Phi) is 4.12. The predicted molar refractivity (Wildman–Crippen MR) is 111 cm³/mol. The first-order valence-corrected chi connectivity index (χ1v) is 10.1. The number of anilines is 1. The maximum Gasteiger partial charge on any atom is 0.253 e. The standard InChI is InChI=1S/C22H24N6O/c1-13(2)28-20(4-6-25-28)15-9-16-12-27(7-5-18(16)23-10-15)21-14(3)8-17-19(26-21)11-24-22(17)29/h4,6,8-10,13H,5,7,11-12H2,1-3H3,(H,24,29). The fourth-order valence-electron chi connectivity index (χ4n) is 4.25. The van der Waals surface area contributed by atoms with Crippen LogP contribution in [0.25, 0.3) is 11.3 Å². The van der Waals surface area contributed by atoms with Crippen LogP contribution in [-0.2, 0) is 19.5 Å². The van der Waals surface area contributed by atoms with Gasteiger partial charge in [-0.2, -0.15) is 5.10 Å². The number of aryl methyl sites for hydroxylation is 1. The van der Waals surface area contributed by atoms with Gasteiger partial charge >= 0.3 is 0 Å². The minimum atomic E-state index is -0.0262. The molecule has 0 bridgehead atoms. The molecule has 7 nitrogen and oxygen atoms in total. The number of fused-ring (bicyclic) bond motifs is 2. The molecule has 29 heavy (non-hydrogen) atoms. The van der Waals surface area contributed by atoms with Crippen molar-refractivity contribution in [2.45, 2.75) is 46.3 Å². The molecule has 0 saturated carbocycles. The number of aromatic nitrogens is 4. The normalized spacial score (nSPS) is 15.4. The van der Waals surface area contributed by atoms with Crippen LogP contribution in [0.4, 0.5) is 5.82 Å². The van der Waals surface area contributed by atoms with Gasteiger partial charge in [0.25, 0.3) is 5.91 Å². The van der Waals surface area contributed by atoms with Crippen LogP contribution >= 0.6 is 0 Å². The fourth-order valence-corrected chi connectivity index (χ4v) is 4.25. The van der Waals surface area contributed by atoms with Crippen LogP contribution in [0, 0.1) is 6.92 Å². The van der Waals surface area contributed by atoms with Crippen molar-refractivity contribution in [3.63, 3.8) is 0 Å². The highest BCUT2D eigenvalue weighted by atomic mass is 16.1. The first kappa shape index (κ1) is 17.8. The van der Waals surface area contributed by atoms with E-state index in [0.717, 1.165) is 53.5 Å². The van der Waals surface area contributed by atoms with E-state index in [-0.39, 0.29) is 5.91 Å². The predicted octanol–water partition coefficient (Wildman–Crippen LogP) is 3.04. The third kappa shape index (κ3) is 2.97. The molecule has 1 N–H and O–H groups in total. The Labute approximate surface area is 169 Å². The van der Waals surface area contributed by atoms with Crippen molar-refractivity contribution in [2.24, 2.45) is 0 Å². The van der Waals surface area contributed by atoms with Gasteiger partial charge in [-0.15, -0.1) is 0 Å². The van der Waals surface area contributed by atoms with E-state index in [1.54, 1.807) is 0 Å². The van der Waals surface area contributed by atoms with E-state index in [1.807, 2.05) is 36.1 Å². The Hall–Kier alpha value is -3.22. The lowest BCUT2D eigenvalue weighted by Gasteiger charge is -2.31. The van der Waals surface area contributed by atoms with E-state index in [4.69, 9.17) is 9.97 Å². The Morgan fingerprint density at radius 3 is 2.90 bits per heavy atom. The summed E-state index contributed by atoms with van der Waals surface area (Å²) >= 11 is 0. The van der Waals surface area contributed by atoms with Crippen molar-refractivity contribution >= 4 is 11.7 Å². The van der Waals surface area contributed by atoms with Crippen LogP contribution in [0.5, 0.6) is 0 Å². The zero-order chi connectivity index (χ0) is 20.1. The highest BCUT2D eigenvalue weighted by molar-refractivity contribution is 5.98. The van der Waals surface area contributed by atoms with Crippen molar-refractivity contribution in [1.82, 2.24) is 25.1 Å². The Bertz CT molecular complexity index is 1120. The topological polar surface area (TPSA) is 75.9 Å². The molecular weight excluding hydrogens is 364 g/mol. The molecule has 3 aromatic rings. The Balaban J connectivity index is 1.48. The van der Waals surface area contributed by atoms with Crippen molar-refractivity contribution in [2.75, 3.05) is 11.4 Å². The van der Waals surface area contributed by atoms with Crippen molar-refractivity contribution < 1.29 is 4.79 Å². The van der Waals surface area contributed by atoms with Gasteiger partial charge in [0.05, 0.1) is 23.5 Å². The maximum atomic E-state index is 11.9. The molecule has 5 rings (SSSR count). The Morgan fingerprint density at radius 2 is 2.07 bits per heavy atom.